The number of amides is 1. The van der Waals surface area contributed by atoms with Gasteiger partial charge >= 0.3 is 5.97 Å². The van der Waals surface area contributed by atoms with Gasteiger partial charge in [0.15, 0.2) is 0 Å². The van der Waals surface area contributed by atoms with Gasteiger partial charge in [-0.1, -0.05) is 347 Å². The summed E-state index contributed by atoms with van der Waals surface area (Å²) in [4.78, 5) is 24.6. The first-order valence-electron chi connectivity index (χ1n) is 34.9. The van der Waals surface area contributed by atoms with Gasteiger partial charge in [0.05, 0.1) is 25.4 Å². The van der Waals surface area contributed by atoms with Gasteiger partial charge < -0.3 is 20.3 Å². The number of aliphatic hydroxyl groups is 2. The molecule has 0 aromatic heterocycles. The van der Waals surface area contributed by atoms with E-state index in [0.29, 0.717) is 25.9 Å². The molecular weight excluding hydrogens is 935 g/mol. The summed E-state index contributed by atoms with van der Waals surface area (Å²) in [5.74, 6) is -0.0230. The monoisotopic (exact) mass is 1070 g/mol. The van der Waals surface area contributed by atoms with Crippen molar-refractivity contribution in [3.05, 3.63) is 12.2 Å². The molecular formula is C70H137NO5. The number of hydrogen-bond acceptors (Lipinski definition) is 5. The average molecular weight is 1070 g/mol. The van der Waals surface area contributed by atoms with Gasteiger partial charge in [0, 0.05) is 12.8 Å². The molecule has 0 aromatic carbocycles. The quantitative estimate of drug-likeness (QED) is 0.0320. The van der Waals surface area contributed by atoms with Crippen LogP contribution in [0.4, 0.5) is 0 Å². The summed E-state index contributed by atoms with van der Waals surface area (Å²) >= 11 is 0. The molecule has 0 aliphatic carbocycles. The van der Waals surface area contributed by atoms with E-state index >= 15 is 0 Å². The van der Waals surface area contributed by atoms with E-state index in [0.717, 1.165) is 44.9 Å². The lowest BCUT2D eigenvalue weighted by atomic mass is 10.0. The third kappa shape index (κ3) is 61.8. The molecule has 0 rings (SSSR count). The van der Waals surface area contributed by atoms with Gasteiger partial charge in [-0.2, -0.15) is 0 Å². The van der Waals surface area contributed by atoms with Crippen molar-refractivity contribution in [2.24, 2.45) is 0 Å². The zero-order chi connectivity index (χ0) is 55.0. The Morgan fingerprint density at radius 2 is 0.618 bits per heavy atom. The van der Waals surface area contributed by atoms with Gasteiger partial charge in [-0.25, -0.2) is 0 Å². The SMILES string of the molecule is CCCCCCCCC/C=C\CCCCCCCCCC(=O)OCCCCCCCCCCCCCCCCCCCCCCC(=O)NC(CO)C(O)CCCCCCCCCCCCCCCCCCCCCCC. The number of rotatable bonds is 66. The number of aliphatic hydroxyl groups excluding tert-OH is 2. The zero-order valence-corrected chi connectivity index (χ0v) is 51.8. The topological polar surface area (TPSA) is 95.9 Å². The maximum Gasteiger partial charge on any atom is 0.305 e. The first-order valence-corrected chi connectivity index (χ1v) is 34.9. The molecule has 0 bridgehead atoms. The molecule has 0 aromatic rings. The number of carbonyl (C=O) groups excluding carboxylic acids is 2. The Labute approximate surface area is 476 Å². The summed E-state index contributed by atoms with van der Waals surface area (Å²) in [6.07, 6.45) is 81.0. The lowest BCUT2D eigenvalue weighted by Crippen LogP contribution is -2.45. The van der Waals surface area contributed by atoms with Crippen molar-refractivity contribution in [2.75, 3.05) is 13.2 Å². The molecule has 0 fully saturated rings. The highest BCUT2D eigenvalue weighted by Gasteiger charge is 2.20. The smallest absolute Gasteiger partial charge is 0.305 e. The summed E-state index contributed by atoms with van der Waals surface area (Å²) in [6.45, 7) is 4.99. The zero-order valence-electron chi connectivity index (χ0n) is 51.8. The van der Waals surface area contributed by atoms with Gasteiger partial charge in [-0.15, -0.1) is 0 Å². The highest BCUT2D eigenvalue weighted by Crippen LogP contribution is 2.19. The number of allylic oxidation sites excluding steroid dienone is 2. The van der Waals surface area contributed by atoms with Crippen LogP contribution >= 0.6 is 0 Å². The predicted molar refractivity (Wildman–Crippen MR) is 333 cm³/mol. The highest BCUT2D eigenvalue weighted by atomic mass is 16.5. The molecule has 0 heterocycles. The maximum atomic E-state index is 12.5. The van der Waals surface area contributed by atoms with Gasteiger partial charge in [0.1, 0.15) is 0 Å². The van der Waals surface area contributed by atoms with Crippen LogP contribution in [0.25, 0.3) is 0 Å². The second-order valence-electron chi connectivity index (χ2n) is 24.2. The molecule has 6 heteroatoms. The molecule has 0 saturated carbocycles. The number of carbonyl (C=O) groups is 2. The molecule has 2 unspecified atom stereocenters. The van der Waals surface area contributed by atoms with Crippen molar-refractivity contribution >= 4 is 11.9 Å². The molecule has 0 spiro atoms. The third-order valence-corrected chi connectivity index (χ3v) is 16.6. The summed E-state index contributed by atoms with van der Waals surface area (Å²) in [6, 6.07) is -0.543. The Balaban J connectivity index is 3.38. The van der Waals surface area contributed by atoms with Crippen LogP contribution in [0, 0.1) is 0 Å². The fraction of sp³-hybridized carbons (Fsp3) is 0.943. The fourth-order valence-electron chi connectivity index (χ4n) is 11.2. The van der Waals surface area contributed by atoms with E-state index in [9.17, 15) is 19.8 Å². The summed E-state index contributed by atoms with van der Waals surface area (Å²) in [7, 11) is 0. The van der Waals surface area contributed by atoms with Crippen LogP contribution in [0.2, 0.25) is 0 Å². The van der Waals surface area contributed by atoms with E-state index < -0.39 is 12.1 Å². The molecule has 0 aliphatic heterocycles. The normalized spacial score (nSPS) is 12.5. The minimum absolute atomic E-state index is 0.00911. The van der Waals surface area contributed by atoms with E-state index in [-0.39, 0.29) is 18.5 Å². The molecule has 3 N–H and O–H groups in total. The number of ether oxygens (including phenoxy) is 1. The second kappa shape index (κ2) is 66.1. The largest absolute Gasteiger partial charge is 0.466 e. The van der Waals surface area contributed by atoms with E-state index in [1.165, 1.54) is 321 Å². The van der Waals surface area contributed by atoms with Crippen molar-refractivity contribution in [1.29, 1.82) is 0 Å². The van der Waals surface area contributed by atoms with Crippen LogP contribution in [0.5, 0.6) is 0 Å². The number of hydrogen-bond donors (Lipinski definition) is 3. The van der Waals surface area contributed by atoms with Gasteiger partial charge in [-0.3, -0.25) is 9.59 Å². The standard InChI is InChI=1S/C70H137NO5/c1-3-5-7-9-11-13-15-17-19-21-23-24-27-30-34-38-42-46-50-54-58-62-68(73)67(66-72)71-69(74)63-59-55-51-47-43-39-35-31-28-25-26-29-33-37-41-45-49-53-57-61-65-76-70(75)64-60-56-52-48-44-40-36-32-22-20-18-16-14-12-10-8-6-4-2/h20,22,67-68,72-73H,3-19,21,23-66H2,1-2H3,(H,71,74)/b22-20-. The van der Waals surface area contributed by atoms with E-state index in [1.54, 1.807) is 0 Å². The maximum absolute atomic E-state index is 12.5. The molecule has 452 valence electrons. The van der Waals surface area contributed by atoms with Crippen LogP contribution < -0.4 is 5.32 Å². The van der Waals surface area contributed by atoms with Crippen LogP contribution in [0.3, 0.4) is 0 Å². The Morgan fingerprint density at radius 1 is 0.355 bits per heavy atom. The minimum Gasteiger partial charge on any atom is -0.466 e. The molecule has 6 nitrogen and oxygen atoms in total. The summed E-state index contributed by atoms with van der Waals surface area (Å²) < 4.78 is 5.50. The van der Waals surface area contributed by atoms with E-state index in [1.807, 2.05) is 0 Å². The predicted octanol–water partition coefficient (Wildman–Crippen LogP) is 22.4. The minimum atomic E-state index is -0.666. The molecule has 0 radical (unpaired) electrons. The average Bonchev–Trinajstić information content (AvgIpc) is 3.42. The van der Waals surface area contributed by atoms with E-state index in [4.69, 9.17) is 4.74 Å². The molecule has 0 saturated heterocycles. The Bertz CT molecular complexity index is 1140. The van der Waals surface area contributed by atoms with Crippen molar-refractivity contribution in [2.45, 2.75) is 411 Å². The van der Waals surface area contributed by atoms with Crippen LogP contribution in [0.1, 0.15) is 399 Å². The van der Waals surface area contributed by atoms with Crippen LogP contribution in [-0.4, -0.2) is 47.4 Å². The van der Waals surface area contributed by atoms with Gasteiger partial charge in [0.2, 0.25) is 5.91 Å². The first-order chi connectivity index (χ1) is 37.5. The lowest BCUT2D eigenvalue weighted by Gasteiger charge is -2.22. The van der Waals surface area contributed by atoms with Crippen molar-refractivity contribution in [3.8, 4) is 0 Å². The Hall–Kier alpha value is -1.40. The molecule has 1 amide bonds. The van der Waals surface area contributed by atoms with Crippen LogP contribution in [0.15, 0.2) is 12.2 Å². The summed E-state index contributed by atoms with van der Waals surface area (Å²) in [5.41, 5.74) is 0. The Kier molecular flexibility index (Phi) is 64.9. The first kappa shape index (κ1) is 74.6. The second-order valence-corrected chi connectivity index (χ2v) is 24.2. The summed E-state index contributed by atoms with van der Waals surface area (Å²) in [5, 5.41) is 23.4. The fourth-order valence-corrected chi connectivity index (χ4v) is 11.2. The van der Waals surface area contributed by atoms with Crippen molar-refractivity contribution in [1.82, 2.24) is 5.32 Å². The van der Waals surface area contributed by atoms with Gasteiger partial charge in [0.25, 0.3) is 0 Å². The number of nitrogens with one attached hydrogen (secondary N) is 1. The molecule has 76 heavy (non-hydrogen) atoms. The highest BCUT2D eigenvalue weighted by molar-refractivity contribution is 5.76. The van der Waals surface area contributed by atoms with Crippen molar-refractivity contribution < 1.29 is 24.5 Å². The molecule has 2 atom stereocenters. The number of esters is 1. The number of unbranched alkanes of at least 4 members (excludes halogenated alkanes) is 53. The lowest BCUT2D eigenvalue weighted by molar-refractivity contribution is -0.143. The van der Waals surface area contributed by atoms with E-state index in [2.05, 4.69) is 31.3 Å². The van der Waals surface area contributed by atoms with Crippen molar-refractivity contribution in [3.63, 3.8) is 0 Å². The van der Waals surface area contributed by atoms with Gasteiger partial charge in [-0.05, 0) is 51.4 Å². The Morgan fingerprint density at radius 3 is 0.934 bits per heavy atom. The van der Waals surface area contributed by atoms with Crippen LogP contribution in [-0.2, 0) is 14.3 Å². The third-order valence-electron chi connectivity index (χ3n) is 16.6. The molecule has 0 aliphatic rings.